The number of hydrogen-bond acceptors (Lipinski definition) is 3. The first-order chi connectivity index (χ1) is 9.06. The van der Waals surface area contributed by atoms with Gasteiger partial charge in [-0.15, -0.1) is 11.3 Å². The molecule has 4 heteroatoms. The molecule has 1 aromatic heterocycles. The minimum absolute atomic E-state index is 0.749. The smallest absolute Gasteiger partial charge is 0.0701 e. The maximum absolute atomic E-state index is 3.61. The molecule has 1 fully saturated rings. The van der Waals surface area contributed by atoms with Crippen molar-refractivity contribution in [1.82, 2.24) is 10.2 Å². The molecule has 2 nitrogen and oxygen atoms in total. The Balaban J connectivity index is 1.74. The summed E-state index contributed by atoms with van der Waals surface area (Å²) in [6.45, 7) is 7.94. The summed E-state index contributed by atoms with van der Waals surface area (Å²) in [6.07, 6.45) is 2.74. The molecule has 19 heavy (non-hydrogen) atoms. The Hall–Kier alpha value is 0.100. The van der Waals surface area contributed by atoms with Crippen LogP contribution in [0.5, 0.6) is 0 Å². The molecule has 0 amide bonds. The van der Waals surface area contributed by atoms with Crippen molar-refractivity contribution in [2.24, 2.45) is 11.8 Å². The lowest BCUT2D eigenvalue weighted by molar-refractivity contribution is 0.0777. The van der Waals surface area contributed by atoms with E-state index >= 15 is 0 Å². The molecule has 1 aromatic rings. The number of nitrogens with zero attached hydrogens (tertiary/aromatic N) is 1. The van der Waals surface area contributed by atoms with Gasteiger partial charge in [-0.3, -0.25) is 4.90 Å². The van der Waals surface area contributed by atoms with Crippen LogP contribution in [0.3, 0.4) is 0 Å². The average Bonchev–Trinajstić information content (AvgIpc) is 2.68. The molecule has 108 valence electrons. The fourth-order valence-corrected chi connectivity index (χ4v) is 3.96. The van der Waals surface area contributed by atoms with Gasteiger partial charge in [0.25, 0.3) is 0 Å². The molecule has 2 atom stereocenters. The zero-order chi connectivity index (χ0) is 13.8. The van der Waals surface area contributed by atoms with Crippen molar-refractivity contribution in [1.29, 1.82) is 0 Å². The minimum atomic E-state index is 0.749. The van der Waals surface area contributed by atoms with Gasteiger partial charge >= 0.3 is 0 Å². The van der Waals surface area contributed by atoms with Crippen molar-refractivity contribution in [2.75, 3.05) is 20.1 Å². The van der Waals surface area contributed by atoms with E-state index in [1.165, 1.54) is 28.7 Å². The third-order valence-corrected chi connectivity index (χ3v) is 5.51. The highest BCUT2D eigenvalue weighted by atomic mass is 79.9. The van der Waals surface area contributed by atoms with E-state index in [1.54, 1.807) is 11.3 Å². The van der Waals surface area contributed by atoms with Gasteiger partial charge in [-0.2, -0.15) is 0 Å². The minimum Gasteiger partial charge on any atom is -0.316 e. The van der Waals surface area contributed by atoms with Crippen LogP contribution in [0, 0.1) is 11.8 Å². The number of rotatable bonds is 7. The van der Waals surface area contributed by atoms with E-state index in [0.29, 0.717) is 0 Å². The van der Waals surface area contributed by atoms with Crippen molar-refractivity contribution in [2.45, 2.75) is 39.3 Å². The summed E-state index contributed by atoms with van der Waals surface area (Å²) in [7, 11) is 2.27. The second kappa shape index (κ2) is 7.21. The predicted octanol–water partition coefficient (Wildman–Crippen LogP) is 3.97. The first kappa shape index (κ1) is 15.5. The molecule has 0 saturated heterocycles. The molecule has 1 N–H and O–H groups in total. The Bertz CT molecular complexity index is 391. The fourth-order valence-electron chi connectivity index (χ4n) is 2.76. The topological polar surface area (TPSA) is 15.3 Å². The standard InChI is InChI=1S/C15H25BrN2S/c1-11(2)7-17-8-13-4-5-14(13)18(3)9-12-6-15(16)19-10-12/h6,10-11,13-14,17H,4-5,7-9H2,1-3H3. The zero-order valence-electron chi connectivity index (χ0n) is 12.2. The number of nitrogens with one attached hydrogen (secondary N) is 1. The first-order valence-corrected chi connectivity index (χ1v) is 8.87. The number of halogens is 1. The van der Waals surface area contributed by atoms with Crippen molar-refractivity contribution >= 4 is 27.3 Å². The van der Waals surface area contributed by atoms with E-state index in [1.807, 2.05) is 0 Å². The third kappa shape index (κ3) is 4.55. The highest BCUT2D eigenvalue weighted by molar-refractivity contribution is 9.11. The molecule has 2 rings (SSSR count). The SMILES string of the molecule is CC(C)CNCC1CCC1N(C)Cc1csc(Br)c1. The summed E-state index contributed by atoms with van der Waals surface area (Å²) in [5, 5.41) is 5.86. The van der Waals surface area contributed by atoms with Gasteiger partial charge in [0.05, 0.1) is 3.79 Å². The summed E-state index contributed by atoms with van der Waals surface area (Å²) < 4.78 is 1.24. The van der Waals surface area contributed by atoms with Gasteiger partial charge < -0.3 is 5.32 Å². The third-order valence-electron chi connectivity index (χ3n) is 3.96. The molecular formula is C15H25BrN2S. The van der Waals surface area contributed by atoms with E-state index in [0.717, 1.165) is 31.0 Å². The summed E-state index contributed by atoms with van der Waals surface area (Å²) in [5.74, 6) is 1.59. The van der Waals surface area contributed by atoms with Gasteiger partial charge in [-0.25, -0.2) is 0 Å². The molecule has 1 aliphatic carbocycles. The molecule has 0 aliphatic heterocycles. The van der Waals surface area contributed by atoms with Crippen LogP contribution in [-0.4, -0.2) is 31.1 Å². The largest absolute Gasteiger partial charge is 0.316 e. The average molecular weight is 345 g/mol. The van der Waals surface area contributed by atoms with Crippen molar-refractivity contribution in [3.63, 3.8) is 0 Å². The summed E-state index contributed by atoms with van der Waals surface area (Å²) >= 11 is 5.32. The van der Waals surface area contributed by atoms with Gasteiger partial charge in [0, 0.05) is 12.6 Å². The van der Waals surface area contributed by atoms with Crippen LogP contribution in [0.1, 0.15) is 32.3 Å². The van der Waals surface area contributed by atoms with Crippen LogP contribution in [0.2, 0.25) is 0 Å². The van der Waals surface area contributed by atoms with Crippen molar-refractivity contribution < 1.29 is 0 Å². The molecule has 0 bridgehead atoms. The second-order valence-corrected chi connectivity index (χ2v) is 8.42. The first-order valence-electron chi connectivity index (χ1n) is 7.20. The van der Waals surface area contributed by atoms with E-state index < -0.39 is 0 Å². The predicted molar refractivity (Wildman–Crippen MR) is 87.7 cm³/mol. The Morgan fingerprint density at radius 2 is 2.26 bits per heavy atom. The lowest BCUT2D eigenvalue weighted by Gasteiger charge is -2.43. The zero-order valence-corrected chi connectivity index (χ0v) is 14.6. The van der Waals surface area contributed by atoms with Crippen LogP contribution < -0.4 is 5.32 Å². The summed E-state index contributed by atoms with van der Waals surface area (Å²) in [6, 6.07) is 3.00. The molecule has 0 radical (unpaired) electrons. The highest BCUT2D eigenvalue weighted by Gasteiger charge is 2.33. The fraction of sp³-hybridized carbons (Fsp3) is 0.733. The van der Waals surface area contributed by atoms with Crippen molar-refractivity contribution in [3.8, 4) is 0 Å². The molecule has 2 unspecified atom stereocenters. The number of thiophene rings is 1. The Morgan fingerprint density at radius 3 is 2.79 bits per heavy atom. The van der Waals surface area contributed by atoms with Crippen LogP contribution in [0.15, 0.2) is 15.2 Å². The van der Waals surface area contributed by atoms with Crippen LogP contribution in [-0.2, 0) is 6.54 Å². The van der Waals surface area contributed by atoms with Crippen LogP contribution >= 0.6 is 27.3 Å². The van der Waals surface area contributed by atoms with Gasteiger partial charge in [-0.05, 0) is 77.8 Å². The Labute approximate surface area is 129 Å². The molecular weight excluding hydrogens is 320 g/mol. The van der Waals surface area contributed by atoms with Gasteiger partial charge in [0.15, 0.2) is 0 Å². The normalized spacial score (nSPS) is 23.1. The quantitative estimate of drug-likeness (QED) is 0.805. The Morgan fingerprint density at radius 1 is 1.47 bits per heavy atom. The highest BCUT2D eigenvalue weighted by Crippen LogP contribution is 2.32. The second-order valence-electron chi connectivity index (χ2n) is 6.13. The maximum atomic E-state index is 3.61. The summed E-state index contributed by atoms with van der Waals surface area (Å²) in [4.78, 5) is 2.53. The maximum Gasteiger partial charge on any atom is 0.0701 e. The molecule has 1 aliphatic rings. The van der Waals surface area contributed by atoms with Gasteiger partial charge in [0.2, 0.25) is 0 Å². The molecule has 1 saturated carbocycles. The molecule has 0 spiro atoms. The van der Waals surface area contributed by atoms with Crippen LogP contribution in [0.4, 0.5) is 0 Å². The van der Waals surface area contributed by atoms with E-state index in [-0.39, 0.29) is 0 Å². The Kier molecular flexibility index (Phi) is 5.87. The van der Waals surface area contributed by atoms with Gasteiger partial charge in [-0.1, -0.05) is 13.8 Å². The van der Waals surface area contributed by atoms with E-state index in [4.69, 9.17) is 0 Å². The van der Waals surface area contributed by atoms with E-state index in [9.17, 15) is 0 Å². The molecule has 1 heterocycles. The van der Waals surface area contributed by atoms with Crippen LogP contribution in [0.25, 0.3) is 0 Å². The summed E-state index contributed by atoms with van der Waals surface area (Å²) in [5.41, 5.74) is 1.43. The van der Waals surface area contributed by atoms with E-state index in [2.05, 4.69) is 58.5 Å². The van der Waals surface area contributed by atoms with Gasteiger partial charge in [0.1, 0.15) is 0 Å². The monoisotopic (exact) mass is 344 g/mol. The lowest BCUT2D eigenvalue weighted by Crippen LogP contribution is -2.48. The van der Waals surface area contributed by atoms with Crippen molar-refractivity contribution in [3.05, 3.63) is 20.8 Å². The number of hydrogen-bond donors (Lipinski definition) is 1. The lowest BCUT2D eigenvalue weighted by atomic mass is 9.78. The molecule has 0 aromatic carbocycles.